The molecule has 1 heterocycles. The van der Waals surface area contributed by atoms with Crippen molar-refractivity contribution >= 4 is 29.1 Å². The Morgan fingerprint density at radius 2 is 1.80 bits per heavy atom. The van der Waals surface area contributed by atoms with E-state index in [1.807, 2.05) is 24.8 Å². The molecule has 0 radical (unpaired) electrons. The first-order valence-electron chi connectivity index (χ1n) is 9.80. The van der Waals surface area contributed by atoms with E-state index in [0.29, 0.717) is 42.6 Å². The van der Waals surface area contributed by atoms with Crippen LogP contribution in [0.5, 0.6) is 5.75 Å². The molecule has 0 bridgehead atoms. The van der Waals surface area contributed by atoms with Gasteiger partial charge >= 0.3 is 0 Å². The highest BCUT2D eigenvalue weighted by Gasteiger charge is 2.27. The Balaban J connectivity index is 1.46. The Morgan fingerprint density at radius 1 is 1.13 bits per heavy atom. The molecule has 2 aromatic carbocycles. The van der Waals surface area contributed by atoms with Crippen molar-refractivity contribution in [2.75, 3.05) is 38.1 Å². The monoisotopic (exact) mass is 433 g/mol. The Bertz CT molecular complexity index is 899. The molecule has 1 saturated heterocycles. The van der Waals surface area contributed by atoms with Crippen LogP contribution < -0.4 is 10.1 Å². The summed E-state index contributed by atoms with van der Waals surface area (Å²) in [7, 11) is 0. The van der Waals surface area contributed by atoms with Gasteiger partial charge in [-0.1, -0.05) is 17.7 Å². The highest BCUT2D eigenvalue weighted by Crippen LogP contribution is 2.21. The molecular formula is C22H25ClFN3O3. The Morgan fingerprint density at radius 3 is 2.47 bits per heavy atom. The number of nitrogens with zero attached hydrogens (tertiary/aromatic N) is 2. The van der Waals surface area contributed by atoms with Gasteiger partial charge in [-0.25, -0.2) is 4.39 Å². The second kappa shape index (κ2) is 9.91. The second-order valence-electron chi connectivity index (χ2n) is 7.28. The van der Waals surface area contributed by atoms with Crippen LogP contribution in [0.15, 0.2) is 42.5 Å². The molecule has 160 valence electrons. The largest absolute Gasteiger partial charge is 0.484 e. The number of aryl methyl sites for hydroxylation is 1. The van der Waals surface area contributed by atoms with Gasteiger partial charge < -0.3 is 15.0 Å². The van der Waals surface area contributed by atoms with Crippen LogP contribution >= 0.6 is 11.6 Å². The summed E-state index contributed by atoms with van der Waals surface area (Å²) in [6.45, 7) is 5.87. The fraction of sp³-hybridized carbons (Fsp3) is 0.364. The number of hydrogen-bond donors (Lipinski definition) is 1. The smallest absolute Gasteiger partial charge is 0.260 e. The minimum absolute atomic E-state index is 0.101. The number of ether oxygens (including phenoxy) is 1. The Labute approximate surface area is 180 Å². The number of rotatable bonds is 6. The number of carbonyl (C=O) groups is 2. The number of amides is 2. The molecule has 0 aromatic heterocycles. The van der Waals surface area contributed by atoms with Gasteiger partial charge in [0.25, 0.3) is 5.91 Å². The van der Waals surface area contributed by atoms with Crippen LogP contribution in [0, 0.1) is 12.7 Å². The highest BCUT2D eigenvalue weighted by atomic mass is 35.5. The molecule has 2 aromatic rings. The van der Waals surface area contributed by atoms with Crippen LogP contribution in [0.3, 0.4) is 0 Å². The predicted molar refractivity (Wildman–Crippen MR) is 114 cm³/mol. The molecule has 3 rings (SSSR count). The van der Waals surface area contributed by atoms with Gasteiger partial charge in [0.15, 0.2) is 6.61 Å². The van der Waals surface area contributed by atoms with Crippen molar-refractivity contribution in [3.05, 3.63) is 58.9 Å². The third-order valence-corrected chi connectivity index (χ3v) is 5.46. The standard InChI is InChI=1S/C22H25ClFN3O3/c1-15-3-4-17(23)13-20(15)25-22(29)16(2)26-9-11-27(12-10-26)21(28)14-30-19-7-5-18(24)6-8-19/h3-8,13,16H,9-12,14H2,1-2H3,(H,25,29). The molecule has 6 nitrogen and oxygen atoms in total. The van der Waals surface area contributed by atoms with E-state index in [2.05, 4.69) is 5.32 Å². The molecule has 1 N–H and O–H groups in total. The molecule has 30 heavy (non-hydrogen) atoms. The van der Waals surface area contributed by atoms with Crippen molar-refractivity contribution in [2.45, 2.75) is 19.9 Å². The highest BCUT2D eigenvalue weighted by molar-refractivity contribution is 6.31. The van der Waals surface area contributed by atoms with Crippen molar-refractivity contribution in [3.8, 4) is 5.75 Å². The minimum atomic E-state index is -0.353. The number of carbonyl (C=O) groups excluding carboxylic acids is 2. The summed E-state index contributed by atoms with van der Waals surface area (Å²) in [4.78, 5) is 28.8. The molecule has 0 aliphatic carbocycles. The molecule has 1 unspecified atom stereocenters. The molecule has 1 fully saturated rings. The number of hydrogen-bond acceptors (Lipinski definition) is 4. The first-order chi connectivity index (χ1) is 14.3. The van der Waals surface area contributed by atoms with Crippen molar-refractivity contribution in [1.29, 1.82) is 0 Å². The van der Waals surface area contributed by atoms with E-state index >= 15 is 0 Å². The quantitative estimate of drug-likeness (QED) is 0.759. The van der Waals surface area contributed by atoms with Gasteiger partial charge in [0.1, 0.15) is 11.6 Å². The van der Waals surface area contributed by atoms with E-state index in [4.69, 9.17) is 16.3 Å². The average Bonchev–Trinajstić information content (AvgIpc) is 2.75. The molecule has 0 spiro atoms. The lowest BCUT2D eigenvalue weighted by Gasteiger charge is -2.37. The zero-order valence-electron chi connectivity index (χ0n) is 17.0. The number of benzene rings is 2. The molecular weight excluding hydrogens is 409 g/mol. The lowest BCUT2D eigenvalue weighted by molar-refractivity contribution is -0.135. The first-order valence-corrected chi connectivity index (χ1v) is 10.2. The van der Waals surface area contributed by atoms with E-state index in [0.717, 1.165) is 5.56 Å². The number of halogens is 2. The number of nitrogens with one attached hydrogen (secondary N) is 1. The lowest BCUT2D eigenvalue weighted by atomic mass is 10.1. The lowest BCUT2D eigenvalue weighted by Crippen LogP contribution is -2.54. The van der Waals surface area contributed by atoms with Crippen LogP contribution in [-0.2, 0) is 9.59 Å². The fourth-order valence-electron chi connectivity index (χ4n) is 3.26. The molecule has 0 saturated carbocycles. The summed E-state index contributed by atoms with van der Waals surface area (Å²) in [5.74, 6) is -0.149. The third kappa shape index (κ3) is 5.70. The maximum atomic E-state index is 12.9. The van der Waals surface area contributed by atoms with E-state index < -0.39 is 0 Å². The van der Waals surface area contributed by atoms with E-state index in [1.54, 1.807) is 17.0 Å². The third-order valence-electron chi connectivity index (χ3n) is 5.23. The molecule has 8 heteroatoms. The van der Waals surface area contributed by atoms with Crippen molar-refractivity contribution in [2.24, 2.45) is 0 Å². The predicted octanol–water partition coefficient (Wildman–Crippen LogP) is 3.34. The minimum Gasteiger partial charge on any atom is -0.484 e. The second-order valence-corrected chi connectivity index (χ2v) is 7.72. The normalized spacial score (nSPS) is 15.5. The van der Waals surface area contributed by atoms with Gasteiger partial charge in [0.05, 0.1) is 6.04 Å². The van der Waals surface area contributed by atoms with E-state index in [1.165, 1.54) is 24.3 Å². The van der Waals surface area contributed by atoms with Gasteiger partial charge in [-0.05, 0) is 55.8 Å². The van der Waals surface area contributed by atoms with Crippen molar-refractivity contribution < 1.29 is 18.7 Å². The zero-order valence-corrected chi connectivity index (χ0v) is 17.8. The maximum absolute atomic E-state index is 12.9. The summed E-state index contributed by atoms with van der Waals surface area (Å²) < 4.78 is 18.4. The first kappa shape index (κ1) is 22.1. The zero-order chi connectivity index (χ0) is 21.7. The number of anilines is 1. The SMILES string of the molecule is Cc1ccc(Cl)cc1NC(=O)C(C)N1CCN(C(=O)COc2ccc(F)cc2)CC1. The number of piperazine rings is 1. The molecule has 1 aliphatic rings. The van der Waals surface area contributed by atoms with E-state index in [9.17, 15) is 14.0 Å². The van der Waals surface area contributed by atoms with Crippen LogP contribution in [0.1, 0.15) is 12.5 Å². The summed E-state index contributed by atoms with van der Waals surface area (Å²) in [5.41, 5.74) is 1.64. The van der Waals surface area contributed by atoms with Crippen LogP contribution in [-0.4, -0.2) is 60.4 Å². The summed E-state index contributed by atoms with van der Waals surface area (Å²) in [5, 5.41) is 3.50. The molecule has 1 aliphatic heterocycles. The van der Waals surface area contributed by atoms with Gasteiger partial charge in [-0.3, -0.25) is 14.5 Å². The van der Waals surface area contributed by atoms with Crippen molar-refractivity contribution in [3.63, 3.8) is 0 Å². The summed E-state index contributed by atoms with van der Waals surface area (Å²) in [6.07, 6.45) is 0. The topological polar surface area (TPSA) is 61.9 Å². The summed E-state index contributed by atoms with van der Waals surface area (Å²) in [6, 6.07) is 10.6. The van der Waals surface area contributed by atoms with Gasteiger partial charge in [0, 0.05) is 36.9 Å². The fourth-order valence-corrected chi connectivity index (χ4v) is 3.43. The van der Waals surface area contributed by atoms with Crippen molar-refractivity contribution in [1.82, 2.24) is 9.80 Å². The van der Waals surface area contributed by atoms with Gasteiger partial charge in [0.2, 0.25) is 5.91 Å². The Kier molecular flexibility index (Phi) is 7.29. The van der Waals surface area contributed by atoms with E-state index in [-0.39, 0.29) is 30.3 Å². The Hall–Kier alpha value is -2.64. The van der Waals surface area contributed by atoms with Crippen LogP contribution in [0.25, 0.3) is 0 Å². The maximum Gasteiger partial charge on any atom is 0.260 e. The van der Waals surface area contributed by atoms with Gasteiger partial charge in [-0.15, -0.1) is 0 Å². The molecule has 1 atom stereocenters. The average molecular weight is 434 g/mol. The van der Waals surface area contributed by atoms with Crippen LogP contribution in [0.4, 0.5) is 10.1 Å². The molecule has 2 amide bonds. The van der Waals surface area contributed by atoms with Crippen LogP contribution in [0.2, 0.25) is 5.02 Å². The summed E-state index contributed by atoms with van der Waals surface area (Å²) >= 11 is 6.02. The van der Waals surface area contributed by atoms with Gasteiger partial charge in [-0.2, -0.15) is 0 Å².